The molecular formula is C13H12N4O7S. The number of nitrogens with zero attached hydrogens (tertiary/aromatic N) is 3. The first kappa shape index (κ1) is 16.7. The Labute approximate surface area is 142 Å². The molecule has 0 radical (unpaired) electrons. The van der Waals surface area contributed by atoms with E-state index in [0.717, 1.165) is 15.7 Å². The summed E-state index contributed by atoms with van der Waals surface area (Å²) in [7, 11) is 0. The number of carboxylic acids is 1. The van der Waals surface area contributed by atoms with Crippen molar-refractivity contribution in [3.8, 4) is 5.88 Å². The summed E-state index contributed by atoms with van der Waals surface area (Å²) in [6.07, 6.45) is -0.829. The molecule has 0 aliphatic carbocycles. The fourth-order valence-corrected chi connectivity index (χ4v) is 3.73. The number of rotatable bonds is 3. The van der Waals surface area contributed by atoms with Crippen molar-refractivity contribution in [2.24, 2.45) is 0 Å². The smallest absolute Gasteiger partial charge is 0.407 e. The number of carbonyl (C=O) groups is 3. The van der Waals surface area contributed by atoms with E-state index in [1.165, 1.54) is 4.90 Å². The average molecular weight is 368 g/mol. The number of fused-ring (bicyclic) bond motifs is 3. The minimum atomic E-state index is -1.30. The number of nitrogens with one attached hydrogen (secondary N) is 1. The van der Waals surface area contributed by atoms with Crippen molar-refractivity contribution in [1.29, 1.82) is 0 Å². The Bertz CT molecular complexity index is 963. The van der Waals surface area contributed by atoms with Gasteiger partial charge in [-0.15, -0.1) is 0 Å². The molecule has 0 atom stereocenters. The third-order valence-corrected chi connectivity index (χ3v) is 4.76. The minimum Gasteiger partial charge on any atom is -0.492 e. The second-order valence-corrected chi connectivity index (χ2v) is 6.30. The quantitative estimate of drug-likeness (QED) is 0.553. The van der Waals surface area contributed by atoms with E-state index in [0.29, 0.717) is 10.6 Å². The summed E-state index contributed by atoms with van der Waals surface area (Å²) in [5.41, 5.74) is -0.950. The molecule has 0 spiro atoms. The van der Waals surface area contributed by atoms with Crippen LogP contribution in [0.25, 0.3) is 4.96 Å². The van der Waals surface area contributed by atoms with E-state index in [9.17, 15) is 24.3 Å². The molecular weight excluding hydrogens is 356 g/mol. The van der Waals surface area contributed by atoms with Crippen molar-refractivity contribution >= 4 is 34.3 Å². The number of thiazole rings is 1. The molecule has 3 heterocycles. The van der Waals surface area contributed by atoms with Crippen LogP contribution in [-0.2, 0) is 17.8 Å². The van der Waals surface area contributed by atoms with Gasteiger partial charge in [-0.25, -0.2) is 4.79 Å². The van der Waals surface area contributed by atoms with E-state index in [-0.39, 0.29) is 24.5 Å². The standard InChI is InChI=1S/C13H12N4O7S/c18-7(19)3-14-9(20)8-10(21)15-12-17(11(8)22)5-1-2-16(13(23)24)4-6(5)25-12/h21H,1-4H2,(H,14,20)(H,18,19)(H,23,24). The lowest BCUT2D eigenvalue weighted by molar-refractivity contribution is -0.135. The molecule has 2 amide bonds. The van der Waals surface area contributed by atoms with Crippen LogP contribution in [0.1, 0.15) is 20.9 Å². The van der Waals surface area contributed by atoms with Gasteiger partial charge >= 0.3 is 12.1 Å². The summed E-state index contributed by atoms with van der Waals surface area (Å²) in [6, 6.07) is 0. The van der Waals surface area contributed by atoms with Gasteiger partial charge in [-0.05, 0) is 0 Å². The molecule has 11 nitrogen and oxygen atoms in total. The van der Waals surface area contributed by atoms with Crippen molar-refractivity contribution in [2.75, 3.05) is 13.1 Å². The third kappa shape index (κ3) is 2.87. The molecule has 4 N–H and O–H groups in total. The third-order valence-electron chi connectivity index (χ3n) is 3.69. The second-order valence-electron chi connectivity index (χ2n) is 5.24. The molecule has 132 valence electrons. The van der Waals surface area contributed by atoms with Crippen LogP contribution in [0.4, 0.5) is 4.79 Å². The Morgan fingerprint density at radius 1 is 1.28 bits per heavy atom. The molecule has 0 saturated heterocycles. The molecule has 3 rings (SSSR count). The van der Waals surface area contributed by atoms with E-state index in [2.05, 4.69) is 4.98 Å². The zero-order valence-corrected chi connectivity index (χ0v) is 13.4. The summed E-state index contributed by atoms with van der Waals surface area (Å²) < 4.78 is 1.16. The van der Waals surface area contributed by atoms with Crippen LogP contribution < -0.4 is 10.9 Å². The zero-order valence-electron chi connectivity index (χ0n) is 12.6. The molecule has 1 aliphatic rings. The summed E-state index contributed by atoms with van der Waals surface area (Å²) in [5, 5.41) is 29.6. The Balaban J connectivity index is 2.08. The summed E-state index contributed by atoms with van der Waals surface area (Å²) >= 11 is 1.05. The van der Waals surface area contributed by atoms with Gasteiger partial charge in [0.1, 0.15) is 6.54 Å². The van der Waals surface area contributed by atoms with Gasteiger partial charge in [-0.1, -0.05) is 11.3 Å². The van der Waals surface area contributed by atoms with Crippen molar-refractivity contribution in [1.82, 2.24) is 19.6 Å². The number of hydrogen-bond donors (Lipinski definition) is 4. The van der Waals surface area contributed by atoms with Gasteiger partial charge in [0.05, 0.1) is 6.54 Å². The maximum Gasteiger partial charge on any atom is 0.407 e. The number of amides is 2. The van der Waals surface area contributed by atoms with Crippen molar-refractivity contribution in [2.45, 2.75) is 13.0 Å². The Kier molecular flexibility index (Phi) is 4.04. The van der Waals surface area contributed by atoms with Crippen LogP contribution in [0, 0.1) is 0 Å². The average Bonchev–Trinajstić information content (AvgIpc) is 2.89. The van der Waals surface area contributed by atoms with E-state index < -0.39 is 41.5 Å². The number of aliphatic carboxylic acids is 1. The van der Waals surface area contributed by atoms with Crippen LogP contribution in [0.2, 0.25) is 0 Å². The Morgan fingerprint density at radius 3 is 2.64 bits per heavy atom. The number of carbonyl (C=O) groups excluding carboxylic acids is 1. The first-order chi connectivity index (χ1) is 11.8. The van der Waals surface area contributed by atoms with Crippen LogP contribution >= 0.6 is 11.3 Å². The highest BCUT2D eigenvalue weighted by atomic mass is 32.1. The molecule has 0 unspecified atom stereocenters. The normalized spacial score (nSPS) is 13.5. The lowest BCUT2D eigenvalue weighted by atomic mass is 10.2. The summed E-state index contributed by atoms with van der Waals surface area (Å²) in [4.78, 5) is 52.0. The Morgan fingerprint density at radius 2 is 2.00 bits per heavy atom. The molecule has 0 aromatic carbocycles. The second kappa shape index (κ2) is 6.05. The van der Waals surface area contributed by atoms with Crippen LogP contribution in [-0.4, -0.2) is 60.7 Å². The number of aromatic nitrogens is 2. The SMILES string of the molecule is O=C(O)CNC(=O)c1c(O)nc2sc3c(n2c1=O)CCN(C(=O)O)C3. The van der Waals surface area contributed by atoms with Crippen molar-refractivity contribution in [3.63, 3.8) is 0 Å². The molecule has 0 saturated carbocycles. The zero-order chi connectivity index (χ0) is 18.3. The van der Waals surface area contributed by atoms with Gasteiger partial charge in [0.15, 0.2) is 5.56 Å². The van der Waals surface area contributed by atoms with Crippen LogP contribution in [0.3, 0.4) is 0 Å². The monoisotopic (exact) mass is 368 g/mol. The first-order valence-corrected chi connectivity index (χ1v) is 7.85. The maximum absolute atomic E-state index is 12.6. The van der Waals surface area contributed by atoms with E-state index >= 15 is 0 Å². The van der Waals surface area contributed by atoms with E-state index in [1.807, 2.05) is 5.32 Å². The summed E-state index contributed by atoms with van der Waals surface area (Å²) in [6.45, 7) is -0.447. The maximum atomic E-state index is 12.6. The van der Waals surface area contributed by atoms with Gasteiger partial charge in [-0.3, -0.25) is 18.8 Å². The number of aromatic hydroxyl groups is 1. The highest BCUT2D eigenvalue weighted by Gasteiger charge is 2.28. The van der Waals surface area contributed by atoms with Gasteiger partial charge in [0.25, 0.3) is 11.5 Å². The molecule has 0 fully saturated rings. The molecule has 12 heteroatoms. The predicted octanol–water partition coefficient (Wildman–Crippen LogP) is -0.688. The van der Waals surface area contributed by atoms with Gasteiger partial charge in [0, 0.05) is 23.5 Å². The van der Waals surface area contributed by atoms with E-state index in [1.54, 1.807) is 0 Å². The molecule has 2 aromatic heterocycles. The Hall–Kier alpha value is -3.15. The molecule has 1 aliphatic heterocycles. The topological polar surface area (TPSA) is 162 Å². The summed E-state index contributed by atoms with van der Waals surface area (Å²) in [5.74, 6) is -3.15. The lowest BCUT2D eigenvalue weighted by Crippen LogP contribution is -2.37. The van der Waals surface area contributed by atoms with Crippen molar-refractivity contribution < 1.29 is 29.7 Å². The number of carboxylic acid groups (broad SMARTS) is 2. The van der Waals surface area contributed by atoms with Crippen molar-refractivity contribution in [3.05, 3.63) is 26.5 Å². The predicted molar refractivity (Wildman–Crippen MR) is 83.1 cm³/mol. The van der Waals surface area contributed by atoms with Gasteiger partial charge < -0.3 is 25.5 Å². The van der Waals surface area contributed by atoms with Crippen LogP contribution in [0.5, 0.6) is 5.88 Å². The fourth-order valence-electron chi connectivity index (χ4n) is 2.57. The fraction of sp³-hybridized carbons (Fsp3) is 0.308. The minimum absolute atomic E-state index is 0.0828. The van der Waals surface area contributed by atoms with Crippen LogP contribution in [0.15, 0.2) is 4.79 Å². The molecule has 0 bridgehead atoms. The highest BCUT2D eigenvalue weighted by Crippen LogP contribution is 2.28. The first-order valence-electron chi connectivity index (χ1n) is 7.03. The molecule has 2 aromatic rings. The van der Waals surface area contributed by atoms with Gasteiger partial charge in [-0.2, -0.15) is 4.98 Å². The van der Waals surface area contributed by atoms with E-state index in [4.69, 9.17) is 10.2 Å². The number of hydrogen-bond acceptors (Lipinski definition) is 7. The molecule has 25 heavy (non-hydrogen) atoms. The lowest BCUT2D eigenvalue weighted by Gasteiger charge is -2.23. The highest BCUT2D eigenvalue weighted by molar-refractivity contribution is 7.17. The largest absolute Gasteiger partial charge is 0.492 e. The van der Waals surface area contributed by atoms with Gasteiger partial charge in [0.2, 0.25) is 10.8 Å².